The van der Waals surface area contributed by atoms with Gasteiger partial charge in [-0.3, -0.25) is 0 Å². The van der Waals surface area contributed by atoms with E-state index < -0.39 is 0 Å². The van der Waals surface area contributed by atoms with Gasteiger partial charge in [-0.2, -0.15) is 15.4 Å². The second-order valence-corrected chi connectivity index (χ2v) is 5.67. The molecule has 6 heteroatoms. The van der Waals surface area contributed by atoms with E-state index in [-0.39, 0.29) is 0 Å². The number of aromatic amines is 1. The molecule has 0 fully saturated rings. The number of hydrogen-bond donors (Lipinski definition) is 2. The molecule has 0 bridgehead atoms. The molecule has 3 rings (SSSR count). The first-order chi connectivity index (χ1) is 8.88. The van der Waals surface area contributed by atoms with Crippen LogP contribution in [-0.4, -0.2) is 26.9 Å². The molecule has 96 valence electrons. The smallest absolute Gasteiger partial charge is 0.146 e. The van der Waals surface area contributed by atoms with Gasteiger partial charge in [0.25, 0.3) is 0 Å². The normalized spacial score (nSPS) is 18.8. The summed E-state index contributed by atoms with van der Waals surface area (Å²) in [5, 5.41) is 15.2. The average molecular weight is 263 g/mol. The third-order valence-corrected chi connectivity index (χ3v) is 4.38. The van der Waals surface area contributed by atoms with Crippen molar-refractivity contribution in [1.29, 1.82) is 0 Å². The molecule has 1 unspecified atom stereocenters. The SMILES string of the molecule is CCCNC1CCCc2sc(-c3cn[nH]n3)nc21. The summed E-state index contributed by atoms with van der Waals surface area (Å²) in [6, 6.07) is 0.422. The molecule has 1 aliphatic rings. The largest absolute Gasteiger partial charge is 0.309 e. The monoisotopic (exact) mass is 263 g/mol. The summed E-state index contributed by atoms with van der Waals surface area (Å²) in [5.74, 6) is 0. The Labute approximate surface area is 110 Å². The number of H-pyrrole nitrogens is 1. The first-order valence-electron chi connectivity index (χ1n) is 6.47. The van der Waals surface area contributed by atoms with Gasteiger partial charge >= 0.3 is 0 Å². The van der Waals surface area contributed by atoms with Gasteiger partial charge in [0.1, 0.15) is 10.7 Å². The Kier molecular flexibility index (Phi) is 3.38. The molecule has 1 atom stereocenters. The highest BCUT2D eigenvalue weighted by Gasteiger charge is 2.24. The molecule has 0 aliphatic heterocycles. The van der Waals surface area contributed by atoms with Crippen molar-refractivity contribution in [2.75, 3.05) is 6.54 Å². The number of aromatic nitrogens is 4. The van der Waals surface area contributed by atoms with E-state index in [4.69, 9.17) is 4.98 Å². The van der Waals surface area contributed by atoms with Crippen LogP contribution in [0.3, 0.4) is 0 Å². The van der Waals surface area contributed by atoms with E-state index in [1.165, 1.54) is 23.4 Å². The number of aryl methyl sites for hydroxylation is 1. The summed E-state index contributed by atoms with van der Waals surface area (Å²) >= 11 is 1.76. The minimum atomic E-state index is 0.422. The summed E-state index contributed by atoms with van der Waals surface area (Å²) < 4.78 is 0. The van der Waals surface area contributed by atoms with Gasteiger partial charge < -0.3 is 5.32 Å². The van der Waals surface area contributed by atoms with Crippen LogP contribution in [0, 0.1) is 0 Å². The first kappa shape index (κ1) is 11.8. The van der Waals surface area contributed by atoms with Crippen LogP contribution in [0.15, 0.2) is 6.20 Å². The predicted molar refractivity (Wildman–Crippen MR) is 71.5 cm³/mol. The van der Waals surface area contributed by atoms with Crippen molar-refractivity contribution in [1.82, 2.24) is 25.7 Å². The fourth-order valence-electron chi connectivity index (χ4n) is 2.35. The lowest BCUT2D eigenvalue weighted by Crippen LogP contribution is -2.25. The fourth-order valence-corrected chi connectivity index (χ4v) is 3.47. The quantitative estimate of drug-likeness (QED) is 0.888. The summed E-state index contributed by atoms with van der Waals surface area (Å²) in [5.41, 5.74) is 2.08. The molecule has 0 spiro atoms. The van der Waals surface area contributed by atoms with Gasteiger partial charge in [0, 0.05) is 4.88 Å². The number of fused-ring (bicyclic) bond motifs is 1. The topological polar surface area (TPSA) is 66.5 Å². The van der Waals surface area contributed by atoms with Crippen molar-refractivity contribution in [3.63, 3.8) is 0 Å². The van der Waals surface area contributed by atoms with E-state index in [1.807, 2.05) is 0 Å². The summed E-state index contributed by atoms with van der Waals surface area (Å²) in [7, 11) is 0. The standard InChI is InChI=1S/C12H17N5S/c1-2-6-13-8-4-3-5-10-11(8)15-12(18-10)9-7-14-17-16-9/h7-8,13H,2-6H2,1H3,(H,14,16,17). The molecule has 5 nitrogen and oxygen atoms in total. The van der Waals surface area contributed by atoms with Gasteiger partial charge in [-0.1, -0.05) is 6.92 Å². The van der Waals surface area contributed by atoms with Crippen molar-refractivity contribution < 1.29 is 0 Å². The third kappa shape index (κ3) is 2.18. The lowest BCUT2D eigenvalue weighted by atomic mass is 9.97. The molecule has 18 heavy (non-hydrogen) atoms. The predicted octanol–water partition coefficient (Wildman–Crippen LogP) is 2.31. The number of rotatable bonds is 4. The summed E-state index contributed by atoms with van der Waals surface area (Å²) in [6.45, 7) is 3.25. The van der Waals surface area contributed by atoms with Crippen molar-refractivity contribution >= 4 is 11.3 Å². The van der Waals surface area contributed by atoms with Crippen LogP contribution < -0.4 is 5.32 Å². The van der Waals surface area contributed by atoms with Gasteiger partial charge in [0.05, 0.1) is 17.9 Å². The highest BCUT2D eigenvalue weighted by Crippen LogP contribution is 2.36. The Morgan fingerprint density at radius 2 is 2.50 bits per heavy atom. The summed E-state index contributed by atoms with van der Waals surface area (Å²) in [6.07, 6.45) is 6.48. The minimum Gasteiger partial charge on any atom is -0.309 e. The first-order valence-corrected chi connectivity index (χ1v) is 7.29. The highest BCUT2D eigenvalue weighted by molar-refractivity contribution is 7.15. The average Bonchev–Trinajstić information content (AvgIpc) is 3.03. The Morgan fingerprint density at radius 3 is 3.28 bits per heavy atom. The maximum absolute atomic E-state index is 4.76. The molecule has 2 N–H and O–H groups in total. The molecule has 2 heterocycles. The molecule has 0 saturated carbocycles. The van der Waals surface area contributed by atoms with E-state index in [2.05, 4.69) is 27.7 Å². The highest BCUT2D eigenvalue weighted by atomic mass is 32.1. The van der Waals surface area contributed by atoms with Crippen LogP contribution in [0.25, 0.3) is 10.7 Å². The van der Waals surface area contributed by atoms with Gasteiger partial charge in [0.15, 0.2) is 0 Å². The molecule has 0 aromatic carbocycles. The van der Waals surface area contributed by atoms with Gasteiger partial charge in [-0.05, 0) is 32.2 Å². The Morgan fingerprint density at radius 1 is 1.56 bits per heavy atom. The Bertz CT molecular complexity index is 505. The summed E-state index contributed by atoms with van der Waals surface area (Å²) in [4.78, 5) is 6.17. The fraction of sp³-hybridized carbons (Fsp3) is 0.583. The second kappa shape index (κ2) is 5.16. The zero-order valence-electron chi connectivity index (χ0n) is 10.4. The van der Waals surface area contributed by atoms with Gasteiger partial charge in [-0.25, -0.2) is 4.98 Å². The molecule has 0 amide bonds. The zero-order chi connectivity index (χ0) is 12.4. The second-order valence-electron chi connectivity index (χ2n) is 4.58. The van der Waals surface area contributed by atoms with Crippen LogP contribution in [0.1, 0.15) is 42.8 Å². The van der Waals surface area contributed by atoms with E-state index >= 15 is 0 Å². The van der Waals surface area contributed by atoms with Crippen LogP contribution in [0.2, 0.25) is 0 Å². The molecular weight excluding hydrogens is 246 g/mol. The van der Waals surface area contributed by atoms with Crippen molar-refractivity contribution in [2.24, 2.45) is 0 Å². The lowest BCUT2D eigenvalue weighted by molar-refractivity contribution is 0.454. The van der Waals surface area contributed by atoms with E-state index in [0.29, 0.717) is 6.04 Å². The van der Waals surface area contributed by atoms with Crippen molar-refractivity contribution in [2.45, 2.75) is 38.6 Å². The number of thiazole rings is 1. The molecule has 2 aromatic heterocycles. The zero-order valence-corrected chi connectivity index (χ0v) is 11.3. The van der Waals surface area contributed by atoms with E-state index in [0.717, 1.165) is 30.1 Å². The van der Waals surface area contributed by atoms with Crippen molar-refractivity contribution in [3.05, 3.63) is 16.8 Å². The Hall–Kier alpha value is -1.27. The molecule has 1 aliphatic carbocycles. The van der Waals surface area contributed by atoms with Crippen LogP contribution >= 0.6 is 11.3 Å². The number of nitrogens with one attached hydrogen (secondary N) is 2. The van der Waals surface area contributed by atoms with Crippen LogP contribution in [-0.2, 0) is 6.42 Å². The van der Waals surface area contributed by atoms with E-state index in [9.17, 15) is 0 Å². The molecule has 2 aromatic rings. The van der Waals surface area contributed by atoms with E-state index in [1.54, 1.807) is 17.5 Å². The van der Waals surface area contributed by atoms with Crippen molar-refractivity contribution in [3.8, 4) is 10.7 Å². The van der Waals surface area contributed by atoms with Gasteiger partial charge in [-0.15, -0.1) is 11.3 Å². The van der Waals surface area contributed by atoms with Crippen LogP contribution in [0.4, 0.5) is 0 Å². The molecule has 0 saturated heterocycles. The maximum atomic E-state index is 4.76. The Balaban J connectivity index is 1.88. The molecule has 0 radical (unpaired) electrons. The minimum absolute atomic E-state index is 0.422. The number of hydrogen-bond acceptors (Lipinski definition) is 5. The molecular formula is C12H17N5S. The maximum Gasteiger partial charge on any atom is 0.146 e. The van der Waals surface area contributed by atoms with Gasteiger partial charge in [0.2, 0.25) is 0 Å². The van der Waals surface area contributed by atoms with Crippen LogP contribution in [0.5, 0.6) is 0 Å². The number of nitrogens with zero attached hydrogens (tertiary/aromatic N) is 3. The third-order valence-electron chi connectivity index (χ3n) is 3.23. The lowest BCUT2D eigenvalue weighted by Gasteiger charge is -2.21.